The van der Waals surface area contributed by atoms with Crippen LogP contribution >= 0.6 is 15.9 Å². The topological polar surface area (TPSA) is 64.6 Å². The third kappa shape index (κ3) is 4.25. The van der Waals surface area contributed by atoms with Crippen molar-refractivity contribution in [3.8, 4) is 11.5 Å². The summed E-state index contributed by atoms with van der Waals surface area (Å²) in [5.41, 5.74) is 0.836. The Morgan fingerprint density at radius 1 is 1.04 bits per heavy atom. The fourth-order valence-corrected chi connectivity index (χ4v) is 4.06. The van der Waals surface area contributed by atoms with Gasteiger partial charge in [-0.25, -0.2) is 13.1 Å². The van der Waals surface area contributed by atoms with E-state index in [1.54, 1.807) is 38.3 Å². The largest absolute Gasteiger partial charge is 0.497 e. The van der Waals surface area contributed by atoms with Gasteiger partial charge in [0.25, 0.3) is 0 Å². The average Bonchev–Trinajstić information content (AvgIpc) is 2.54. The molecule has 0 heterocycles. The summed E-state index contributed by atoms with van der Waals surface area (Å²) in [5, 5.41) is 0. The average molecular weight is 400 g/mol. The molecule has 23 heavy (non-hydrogen) atoms. The molecule has 0 aliphatic heterocycles. The first-order chi connectivity index (χ1) is 10.9. The first-order valence-corrected chi connectivity index (χ1v) is 9.15. The minimum absolute atomic E-state index is 0.0923. The van der Waals surface area contributed by atoms with E-state index in [9.17, 15) is 8.42 Å². The molecule has 2 aromatic carbocycles. The highest BCUT2D eigenvalue weighted by atomic mass is 79.9. The molecule has 5 nitrogen and oxygen atoms in total. The number of hydrogen-bond donors (Lipinski definition) is 1. The van der Waals surface area contributed by atoms with Crippen molar-refractivity contribution in [3.63, 3.8) is 0 Å². The lowest BCUT2D eigenvalue weighted by Gasteiger charge is -2.16. The van der Waals surface area contributed by atoms with E-state index in [-0.39, 0.29) is 4.90 Å². The molecule has 0 saturated heterocycles. The van der Waals surface area contributed by atoms with Crippen molar-refractivity contribution in [1.29, 1.82) is 0 Å². The fraction of sp³-hybridized carbons (Fsp3) is 0.250. The predicted molar refractivity (Wildman–Crippen MR) is 92.4 cm³/mol. The van der Waals surface area contributed by atoms with E-state index >= 15 is 0 Å². The first-order valence-electron chi connectivity index (χ1n) is 6.87. The van der Waals surface area contributed by atoms with Gasteiger partial charge < -0.3 is 9.47 Å². The molecule has 7 heteroatoms. The van der Waals surface area contributed by atoms with Crippen molar-refractivity contribution in [2.24, 2.45) is 0 Å². The van der Waals surface area contributed by atoms with E-state index in [4.69, 9.17) is 9.47 Å². The van der Waals surface area contributed by atoms with Crippen LogP contribution in [0.15, 0.2) is 51.8 Å². The fourth-order valence-electron chi connectivity index (χ4n) is 2.12. The Morgan fingerprint density at radius 2 is 1.70 bits per heavy atom. The van der Waals surface area contributed by atoms with Crippen LogP contribution in [0.4, 0.5) is 0 Å². The van der Waals surface area contributed by atoms with Gasteiger partial charge in [0.1, 0.15) is 16.4 Å². The standard InChI is InChI=1S/C16H18BrNO4S/c1-11(12-4-7-14(21-2)8-5-12)18-23(19,20)16-10-13(17)6-9-15(16)22-3/h4-11,18H,1-3H3/t11-/m1/s1. The summed E-state index contributed by atoms with van der Waals surface area (Å²) in [5.74, 6) is 1.01. The molecule has 0 saturated carbocycles. The molecule has 124 valence electrons. The Balaban J connectivity index is 2.28. The van der Waals surface area contributed by atoms with Gasteiger partial charge in [0.2, 0.25) is 10.0 Å². The van der Waals surface area contributed by atoms with Gasteiger partial charge in [-0.1, -0.05) is 28.1 Å². The van der Waals surface area contributed by atoms with Gasteiger partial charge in [0.05, 0.1) is 14.2 Å². The highest BCUT2D eigenvalue weighted by Crippen LogP contribution is 2.28. The summed E-state index contributed by atoms with van der Waals surface area (Å²) in [7, 11) is -0.701. The van der Waals surface area contributed by atoms with Crippen LogP contribution in [0.1, 0.15) is 18.5 Å². The SMILES string of the molecule is COc1ccc([C@@H](C)NS(=O)(=O)c2cc(Br)ccc2OC)cc1. The van der Waals surface area contributed by atoms with E-state index in [1.165, 1.54) is 13.2 Å². The Labute approximate surface area is 144 Å². The molecule has 0 amide bonds. The van der Waals surface area contributed by atoms with Crippen LogP contribution in [0, 0.1) is 0 Å². The van der Waals surface area contributed by atoms with Crippen LogP contribution in [0.5, 0.6) is 11.5 Å². The summed E-state index contributed by atoms with van der Waals surface area (Å²) in [6, 6.07) is 11.7. The second-order valence-corrected chi connectivity index (χ2v) is 7.51. The summed E-state index contributed by atoms with van der Waals surface area (Å²) < 4.78 is 38.8. The molecule has 0 spiro atoms. The molecule has 0 aromatic heterocycles. The Kier molecular flexibility index (Phi) is 5.67. The normalized spacial score (nSPS) is 12.7. The molecule has 2 aromatic rings. The molecule has 0 radical (unpaired) electrons. The summed E-state index contributed by atoms with van der Waals surface area (Å²) in [6.45, 7) is 1.78. The van der Waals surface area contributed by atoms with Crippen LogP contribution in [-0.4, -0.2) is 22.6 Å². The maximum absolute atomic E-state index is 12.6. The van der Waals surface area contributed by atoms with Crippen molar-refractivity contribution >= 4 is 26.0 Å². The number of ether oxygens (including phenoxy) is 2. The summed E-state index contributed by atoms with van der Waals surface area (Å²) in [6.07, 6.45) is 0. The maximum atomic E-state index is 12.6. The van der Waals surface area contributed by atoms with Gasteiger partial charge in [-0.15, -0.1) is 0 Å². The van der Waals surface area contributed by atoms with E-state index in [1.807, 2.05) is 12.1 Å². The maximum Gasteiger partial charge on any atom is 0.244 e. The van der Waals surface area contributed by atoms with E-state index < -0.39 is 16.1 Å². The monoisotopic (exact) mass is 399 g/mol. The van der Waals surface area contributed by atoms with Crippen LogP contribution in [0.2, 0.25) is 0 Å². The zero-order valence-corrected chi connectivity index (χ0v) is 15.4. The predicted octanol–water partition coefficient (Wildman–Crippen LogP) is 3.51. The zero-order chi connectivity index (χ0) is 17.0. The molecule has 0 aliphatic rings. The van der Waals surface area contributed by atoms with E-state index in [2.05, 4.69) is 20.7 Å². The molecule has 1 N–H and O–H groups in total. The van der Waals surface area contributed by atoms with Crippen LogP contribution in [-0.2, 0) is 10.0 Å². The molecule has 1 atom stereocenters. The van der Waals surface area contributed by atoms with Crippen LogP contribution in [0.25, 0.3) is 0 Å². The molecule has 0 unspecified atom stereocenters. The smallest absolute Gasteiger partial charge is 0.244 e. The Morgan fingerprint density at radius 3 is 2.26 bits per heavy atom. The molecular weight excluding hydrogens is 382 g/mol. The molecule has 2 rings (SSSR count). The lowest BCUT2D eigenvalue weighted by atomic mass is 10.1. The van der Waals surface area contributed by atoms with Crippen molar-refractivity contribution in [1.82, 2.24) is 4.72 Å². The minimum Gasteiger partial charge on any atom is -0.497 e. The van der Waals surface area contributed by atoms with Crippen LogP contribution < -0.4 is 14.2 Å². The van der Waals surface area contributed by atoms with Gasteiger partial charge in [-0.2, -0.15) is 0 Å². The van der Waals surface area contributed by atoms with Crippen LogP contribution in [0.3, 0.4) is 0 Å². The summed E-state index contributed by atoms with van der Waals surface area (Å²) >= 11 is 3.28. The number of nitrogens with one attached hydrogen (secondary N) is 1. The van der Waals surface area contributed by atoms with Gasteiger partial charge in [-0.05, 0) is 42.8 Å². The van der Waals surface area contributed by atoms with Crippen molar-refractivity contribution in [3.05, 3.63) is 52.5 Å². The van der Waals surface area contributed by atoms with Crippen molar-refractivity contribution in [2.45, 2.75) is 17.9 Å². The number of halogens is 1. The highest BCUT2D eigenvalue weighted by molar-refractivity contribution is 9.10. The molecule has 0 fully saturated rings. The van der Waals surface area contributed by atoms with E-state index in [0.29, 0.717) is 10.2 Å². The third-order valence-corrected chi connectivity index (χ3v) is 5.42. The zero-order valence-electron chi connectivity index (χ0n) is 13.0. The number of benzene rings is 2. The first kappa shape index (κ1) is 17.8. The second-order valence-electron chi connectivity index (χ2n) is 4.91. The van der Waals surface area contributed by atoms with Gasteiger partial charge in [0, 0.05) is 10.5 Å². The number of methoxy groups -OCH3 is 2. The number of hydrogen-bond acceptors (Lipinski definition) is 4. The van der Waals surface area contributed by atoms with Crippen molar-refractivity contribution < 1.29 is 17.9 Å². The lowest BCUT2D eigenvalue weighted by molar-refractivity contribution is 0.402. The number of rotatable bonds is 6. The van der Waals surface area contributed by atoms with Gasteiger partial charge >= 0.3 is 0 Å². The van der Waals surface area contributed by atoms with Gasteiger partial charge in [-0.3, -0.25) is 0 Å². The highest BCUT2D eigenvalue weighted by Gasteiger charge is 2.22. The quantitative estimate of drug-likeness (QED) is 0.806. The number of sulfonamides is 1. The molecular formula is C16H18BrNO4S. The van der Waals surface area contributed by atoms with Crippen molar-refractivity contribution in [2.75, 3.05) is 14.2 Å². The minimum atomic E-state index is -3.72. The Bertz CT molecular complexity index is 775. The molecule has 0 bridgehead atoms. The second kappa shape index (κ2) is 7.33. The van der Waals surface area contributed by atoms with E-state index in [0.717, 1.165) is 11.3 Å². The Hall–Kier alpha value is -1.57. The summed E-state index contributed by atoms with van der Waals surface area (Å²) in [4.78, 5) is 0.0923. The third-order valence-electron chi connectivity index (χ3n) is 3.36. The molecule has 0 aliphatic carbocycles. The lowest BCUT2D eigenvalue weighted by Crippen LogP contribution is -2.27. The van der Waals surface area contributed by atoms with Gasteiger partial charge in [0.15, 0.2) is 0 Å².